The minimum absolute atomic E-state index is 0.0342. The molecule has 2 aliphatic rings. The minimum Gasteiger partial charge on any atom is -0.340 e. The first-order chi connectivity index (χ1) is 11.0. The fourth-order valence-electron chi connectivity index (χ4n) is 3.36. The molecule has 5 nitrogen and oxygen atoms in total. The zero-order valence-electron chi connectivity index (χ0n) is 12.9. The molecule has 1 heterocycles. The van der Waals surface area contributed by atoms with E-state index in [-0.39, 0.29) is 29.8 Å². The highest BCUT2D eigenvalue weighted by Gasteiger charge is 2.33. The van der Waals surface area contributed by atoms with E-state index in [4.69, 9.17) is 0 Å². The second-order valence-corrected chi connectivity index (χ2v) is 8.11. The number of nitrogens with zero attached hydrogens (tertiary/aromatic N) is 2. The van der Waals surface area contributed by atoms with Crippen molar-refractivity contribution in [1.29, 1.82) is 0 Å². The third kappa shape index (κ3) is 3.40. The summed E-state index contributed by atoms with van der Waals surface area (Å²) in [7, 11) is -3.70. The Kier molecular flexibility index (Phi) is 4.68. The summed E-state index contributed by atoms with van der Waals surface area (Å²) >= 11 is 0. The Labute approximate surface area is 136 Å². The Morgan fingerprint density at radius 1 is 1.09 bits per heavy atom. The van der Waals surface area contributed by atoms with E-state index in [0.29, 0.717) is 13.1 Å². The fraction of sp³-hybridized carbons (Fsp3) is 0.562. The summed E-state index contributed by atoms with van der Waals surface area (Å²) in [4.78, 5) is 14.1. The van der Waals surface area contributed by atoms with Crippen molar-refractivity contribution in [2.75, 3.05) is 26.2 Å². The molecule has 2 fully saturated rings. The molecule has 0 radical (unpaired) electrons. The van der Waals surface area contributed by atoms with Crippen LogP contribution in [0.2, 0.25) is 0 Å². The molecular weight excluding hydrogens is 319 g/mol. The van der Waals surface area contributed by atoms with Crippen LogP contribution in [0.1, 0.15) is 25.7 Å². The van der Waals surface area contributed by atoms with E-state index in [2.05, 4.69) is 0 Å². The molecule has 3 rings (SSSR count). The van der Waals surface area contributed by atoms with Gasteiger partial charge in [0, 0.05) is 32.1 Å². The second kappa shape index (κ2) is 6.57. The zero-order chi connectivity index (χ0) is 16.4. The Morgan fingerprint density at radius 2 is 1.74 bits per heavy atom. The van der Waals surface area contributed by atoms with Gasteiger partial charge < -0.3 is 4.90 Å². The molecule has 0 atom stereocenters. The maximum atomic E-state index is 13.3. The largest absolute Gasteiger partial charge is 0.340 e. The van der Waals surface area contributed by atoms with Crippen LogP contribution in [0, 0.1) is 11.7 Å². The molecule has 0 unspecified atom stereocenters. The summed E-state index contributed by atoms with van der Waals surface area (Å²) in [6, 6.07) is 5.04. The molecule has 23 heavy (non-hydrogen) atoms. The van der Waals surface area contributed by atoms with Crippen LogP contribution in [0.25, 0.3) is 0 Å². The number of rotatable bonds is 3. The van der Waals surface area contributed by atoms with E-state index in [0.717, 1.165) is 31.7 Å². The van der Waals surface area contributed by atoms with Crippen LogP contribution in [-0.4, -0.2) is 49.7 Å². The second-order valence-electron chi connectivity index (χ2n) is 6.17. The van der Waals surface area contributed by atoms with Crippen molar-refractivity contribution in [2.24, 2.45) is 5.92 Å². The first-order valence-electron chi connectivity index (χ1n) is 8.03. The van der Waals surface area contributed by atoms with Gasteiger partial charge in [-0.1, -0.05) is 18.9 Å². The molecule has 0 N–H and O–H groups in total. The van der Waals surface area contributed by atoms with Gasteiger partial charge in [-0.3, -0.25) is 4.79 Å². The number of amides is 1. The summed E-state index contributed by atoms with van der Waals surface area (Å²) < 4.78 is 39.7. The van der Waals surface area contributed by atoms with Crippen molar-refractivity contribution in [3.63, 3.8) is 0 Å². The average Bonchev–Trinajstić information content (AvgIpc) is 3.09. The Morgan fingerprint density at radius 3 is 2.35 bits per heavy atom. The summed E-state index contributed by atoms with van der Waals surface area (Å²) in [5.74, 6) is -0.298. The van der Waals surface area contributed by atoms with Gasteiger partial charge in [0.05, 0.1) is 4.90 Å². The van der Waals surface area contributed by atoms with Crippen molar-refractivity contribution in [3.05, 3.63) is 30.1 Å². The summed E-state index contributed by atoms with van der Waals surface area (Å²) in [5, 5.41) is 0. The lowest BCUT2D eigenvalue weighted by Gasteiger charge is -2.35. The predicted molar refractivity (Wildman–Crippen MR) is 83.7 cm³/mol. The highest BCUT2D eigenvalue weighted by Crippen LogP contribution is 2.27. The monoisotopic (exact) mass is 340 g/mol. The molecule has 1 aromatic rings. The van der Waals surface area contributed by atoms with Gasteiger partial charge in [0.25, 0.3) is 0 Å². The highest BCUT2D eigenvalue weighted by molar-refractivity contribution is 7.89. The maximum Gasteiger partial charge on any atom is 0.243 e. The van der Waals surface area contributed by atoms with Gasteiger partial charge in [-0.15, -0.1) is 0 Å². The van der Waals surface area contributed by atoms with E-state index in [9.17, 15) is 17.6 Å². The van der Waals surface area contributed by atoms with Crippen LogP contribution in [-0.2, 0) is 14.8 Å². The van der Waals surface area contributed by atoms with Gasteiger partial charge in [-0.2, -0.15) is 4.31 Å². The molecule has 1 saturated heterocycles. The van der Waals surface area contributed by atoms with Gasteiger partial charge in [0.2, 0.25) is 15.9 Å². The Hall–Kier alpha value is -1.47. The lowest BCUT2D eigenvalue weighted by molar-refractivity contribution is -0.136. The topological polar surface area (TPSA) is 57.7 Å². The summed E-state index contributed by atoms with van der Waals surface area (Å²) in [6.07, 6.45) is 4.09. The first kappa shape index (κ1) is 16.4. The third-order valence-corrected chi connectivity index (χ3v) is 6.58. The number of carbonyl (C=O) groups is 1. The highest BCUT2D eigenvalue weighted by atomic mass is 32.2. The molecule has 1 aliphatic heterocycles. The van der Waals surface area contributed by atoms with E-state index < -0.39 is 15.8 Å². The number of piperazine rings is 1. The van der Waals surface area contributed by atoms with Crippen molar-refractivity contribution >= 4 is 15.9 Å². The smallest absolute Gasteiger partial charge is 0.243 e. The quantitative estimate of drug-likeness (QED) is 0.844. The zero-order valence-corrected chi connectivity index (χ0v) is 13.8. The van der Waals surface area contributed by atoms with Crippen LogP contribution in [0.5, 0.6) is 0 Å². The van der Waals surface area contributed by atoms with Crippen LogP contribution in [0.3, 0.4) is 0 Å². The van der Waals surface area contributed by atoms with Crippen LogP contribution < -0.4 is 0 Å². The SMILES string of the molecule is O=C(C1CCCC1)N1CCN(S(=O)(=O)c2cccc(F)c2)CC1. The van der Waals surface area contributed by atoms with Crippen molar-refractivity contribution in [3.8, 4) is 0 Å². The number of sulfonamides is 1. The van der Waals surface area contributed by atoms with Crippen molar-refractivity contribution in [1.82, 2.24) is 9.21 Å². The molecule has 126 valence electrons. The Bertz CT molecular complexity index is 678. The third-order valence-electron chi connectivity index (χ3n) is 4.69. The molecule has 7 heteroatoms. The van der Waals surface area contributed by atoms with Crippen LogP contribution >= 0.6 is 0 Å². The molecule has 1 amide bonds. The predicted octanol–water partition coefficient (Wildman–Crippen LogP) is 1.85. The van der Waals surface area contributed by atoms with Crippen LogP contribution in [0.15, 0.2) is 29.2 Å². The number of halogens is 1. The van der Waals surface area contributed by atoms with E-state index in [1.54, 1.807) is 4.90 Å². The molecule has 1 aromatic carbocycles. The maximum absolute atomic E-state index is 13.3. The van der Waals surface area contributed by atoms with E-state index in [1.165, 1.54) is 22.5 Å². The molecule has 1 aliphatic carbocycles. The number of carbonyl (C=O) groups excluding carboxylic acids is 1. The van der Waals surface area contributed by atoms with Crippen molar-refractivity contribution in [2.45, 2.75) is 30.6 Å². The fourth-order valence-corrected chi connectivity index (χ4v) is 4.81. The summed E-state index contributed by atoms with van der Waals surface area (Å²) in [6.45, 7) is 1.34. The van der Waals surface area contributed by atoms with Crippen molar-refractivity contribution < 1.29 is 17.6 Å². The average molecular weight is 340 g/mol. The van der Waals surface area contributed by atoms with Gasteiger partial charge in [-0.25, -0.2) is 12.8 Å². The lowest BCUT2D eigenvalue weighted by Crippen LogP contribution is -2.51. The standard InChI is InChI=1S/C16H21FN2O3S/c17-14-6-3-7-15(12-14)23(21,22)19-10-8-18(9-11-19)16(20)13-4-1-2-5-13/h3,6-7,12-13H,1-2,4-5,8-11H2. The van der Waals surface area contributed by atoms with E-state index >= 15 is 0 Å². The molecule has 1 saturated carbocycles. The molecule has 0 bridgehead atoms. The summed E-state index contributed by atoms with van der Waals surface area (Å²) in [5.41, 5.74) is 0. The molecule has 0 aromatic heterocycles. The van der Waals surface area contributed by atoms with Gasteiger partial charge >= 0.3 is 0 Å². The lowest BCUT2D eigenvalue weighted by atomic mass is 10.1. The molecule has 0 spiro atoms. The van der Waals surface area contributed by atoms with E-state index in [1.807, 2.05) is 0 Å². The number of hydrogen-bond acceptors (Lipinski definition) is 3. The number of benzene rings is 1. The van der Waals surface area contributed by atoms with Gasteiger partial charge in [0.1, 0.15) is 5.82 Å². The minimum atomic E-state index is -3.70. The first-order valence-corrected chi connectivity index (χ1v) is 9.47. The van der Waals surface area contributed by atoms with Gasteiger partial charge in [-0.05, 0) is 31.0 Å². The Balaban J connectivity index is 1.65. The van der Waals surface area contributed by atoms with Gasteiger partial charge in [0.15, 0.2) is 0 Å². The normalized spacial score (nSPS) is 20.8. The van der Waals surface area contributed by atoms with Crippen LogP contribution in [0.4, 0.5) is 4.39 Å². The number of hydrogen-bond donors (Lipinski definition) is 0. The molecular formula is C16H21FN2O3S.